The van der Waals surface area contributed by atoms with Gasteiger partial charge in [-0.3, -0.25) is 4.79 Å². The van der Waals surface area contributed by atoms with Crippen molar-refractivity contribution in [3.8, 4) is 0 Å². The van der Waals surface area contributed by atoms with E-state index in [1.807, 2.05) is 24.3 Å². The van der Waals surface area contributed by atoms with Gasteiger partial charge in [-0.2, -0.15) is 0 Å². The molecule has 1 amide bonds. The Morgan fingerprint density at radius 3 is 2.81 bits per heavy atom. The maximum absolute atomic E-state index is 10.9. The smallest absolute Gasteiger partial charge is 0.277 e. The van der Waals surface area contributed by atoms with Gasteiger partial charge in [0.15, 0.2) is 5.01 Å². The van der Waals surface area contributed by atoms with Crippen LogP contribution in [0.25, 0.3) is 0 Å². The van der Waals surface area contributed by atoms with Crippen molar-refractivity contribution in [2.75, 3.05) is 0 Å². The lowest BCUT2D eigenvalue weighted by molar-refractivity contribution is 0.1000. The molecule has 0 aliphatic rings. The second-order valence-corrected chi connectivity index (χ2v) is 5.66. The quantitative estimate of drug-likeness (QED) is 0.933. The average molecular weight is 271 g/mol. The topological polar surface area (TPSA) is 56.0 Å². The van der Waals surface area contributed by atoms with Crippen LogP contribution < -0.4 is 5.73 Å². The molecule has 16 heavy (non-hydrogen) atoms. The van der Waals surface area contributed by atoms with Gasteiger partial charge in [-0.05, 0) is 12.1 Å². The molecule has 2 N–H and O–H groups in total. The molecule has 1 aromatic carbocycles. The Morgan fingerprint density at radius 1 is 1.44 bits per heavy atom. The summed E-state index contributed by atoms with van der Waals surface area (Å²) in [5.74, 6) is -0.504. The van der Waals surface area contributed by atoms with Gasteiger partial charge >= 0.3 is 0 Å². The number of amides is 1. The average Bonchev–Trinajstić information content (AvgIpc) is 2.70. The van der Waals surface area contributed by atoms with Gasteiger partial charge in [0.1, 0.15) is 0 Å². The van der Waals surface area contributed by atoms with Crippen LogP contribution in [0.2, 0.25) is 5.02 Å². The Hall–Kier alpha value is -1.04. The van der Waals surface area contributed by atoms with Crippen molar-refractivity contribution in [1.29, 1.82) is 0 Å². The number of carbonyl (C=O) groups is 1. The predicted molar refractivity (Wildman–Crippen MR) is 66.2 cm³/mol. The van der Waals surface area contributed by atoms with E-state index in [0.717, 1.165) is 9.10 Å². The largest absolute Gasteiger partial charge is 0.364 e. The summed E-state index contributed by atoms with van der Waals surface area (Å²) in [5.41, 5.74) is 5.12. The number of nitrogens with two attached hydrogens (primary N) is 1. The summed E-state index contributed by atoms with van der Waals surface area (Å²) >= 11 is 8.75. The third-order valence-electron chi connectivity index (χ3n) is 1.74. The highest BCUT2D eigenvalue weighted by Crippen LogP contribution is 2.35. The third kappa shape index (κ3) is 2.55. The number of halogens is 1. The molecule has 82 valence electrons. The molecule has 2 aromatic rings. The number of aromatic nitrogens is 1. The Morgan fingerprint density at radius 2 is 2.19 bits per heavy atom. The van der Waals surface area contributed by atoms with Gasteiger partial charge in [-0.1, -0.05) is 35.5 Å². The van der Waals surface area contributed by atoms with E-state index in [0.29, 0.717) is 10.0 Å². The first-order chi connectivity index (χ1) is 7.66. The van der Waals surface area contributed by atoms with Crippen molar-refractivity contribution in [3.05, 3.63) is 40.5 Å². The molecule has 3 nitrogen and oxygen atoms in total. The van der Waals surface area contributed by atoms with E-state index in [1.165, 1.54) is 23.1 Å². The lowest BCUT2D eigenvalue weighted by Crippen LogP contribution is -2.09. The maximum Gasteiger partial charge on any atom is 0.277 e. The Bertz CT molecular complexity index is 527. The molecule has 0 fully saturated rings. The fraction of sp³-hybridized carbons (Fsp3) is 0. The third-order valence-corrected chi connectivity index (χ3v) is 4.37. The molecule has 1 heterocycles. The fourth-order valence-electron chi connectivity index (χ4n) is 1.06. The minimum Gasteiger partial charge on any atom is -0.364 e. The van der Waals surface area contributed by atoms with Crippen LogP contribution in [0, 0.1) is 0 Å². The minimum absolute atomic E-state index is 0.314. The fourth-order valence-corrected chi connectivity index (χ4v) is 3.12. The van der Waals surface area contributed by atoms with Crippen LogP contribution in [0.1, 0.15) is 9.80 Å². The predicted octanol–water partition coefficient (Wildman–Crippen LogP) is 3.05. The minimum atomic E-state index is -0.504. The number of hydrogen-bond donors (Lipinski definition) is 1. The van der Waals surface area contributed by atoms with Crippen LogP contribution in [-0.4, -0.2) is 10.9 Å². The molecule has 2 rings (SSSR count). The van der Waals surface area contributed by atoms with Gasteiger partial charge in [-0.15, -0.1) is 11.3 Å². The van der Waals surface area contributed by atoms with E-state index in [9.17, 15) is 4.79 Å². The summed E-state index contributed by atoms with van der Waals surface area (Å²) in [6.07, 6.45) is 1.62. The molecular weight excluding hydrogens is 264 g/mol. The summed E-state index contributed by atoms with van der Waals surface area (Å²) < 4.78 is 0.891. The van der Waals surface area contributed by atoms with E-state index >= 15 is 0 Å². The SMILES string of the molecule is NC(=O)c1ncc(Sc2ccccc2Cl)s1. The van der Waals surface area contributed by atoms with Gasteiger partial charge in [0, 0.05) is 4.90 Å². The van der Waals surface area contributed by atoms with Gasteiger partial charge in [-0.25, -0.2) is 4.98 Å². The van der Waals surface area contributed by atoms with E-state index < -0.39 is 5.91 Å². The number of hydrogen-bond acceptors (Lipinski definition) is 4. The van der Waals surface area contributed by atoms with E-state index in [-0.39, 0.29) is 0 Å². The van der Waals surface area contributed by atoms with Gasteiger partial charge in [0.25, 0.3) is 5.91 Å². The normalized spacial score (nSPS) is 10.3. The summed E-state index contributed by atoms with van der Waals surface area (Å²) in [6, 6.07) is 7.51. The maximum atomic E-state index is 10.9. The number of benzene rings is 1. The van der Waals surface area contributed by atoms with Gasteiger partial charge < -0.3 is 5.73 Å². The van der Waals surface area contributed by atoms with Crippen molar-refractivity contribution in [3.63, 3.8) is 0 Å². The van der Waals surface area contributed by atoms with Crippen LogP contribution in [0.5, 0.6) is 0 Å². The van der Waals surface area contributed by atoms with E-state index in [1.54, 1.807) is 6.20 Å². The molecule has 0 aliphatic heterocycles. The van der Waals surface area contributed by atoms with Crippen molar-refractivity contribution >= 4 is 40.6 Å². The standard InChI is InChI=1S/C10H7ClN2OS2/c11-6-3-1-2-4-7(6)15-8-5-13-10(16-8)9(12)14/h1-5H,(H2,12,14). The van der Waals surface area contributed by atoms with E-state index in [4.69, 9.17) is 17.3 Å². The highest BCUT2D eigenvalue weighted by atomic mass is 35.5. The molecule has 0 aliphatic carbocycles. The molecule has 0 radical (unpaired) electrons. The highest BCUT2D eigenvalue weighted by molar-refractivity contribution is 8.01. The summed E-state index contributed by atoms with van der Waals surface area (Å²) in [7, 11) is 0. The zero-order chi connectivity index (χ0) is 11.5. The molecule has 0 saturated carbocycles. The highest BCUT2D eigenvalue weighted by Gasteiger charge is 2.09. The first-order valence-electron chi connectivity index (χ1n) is 4.35. The van der Waals surface area contributed by atoms with Crippen molar-refractivity contribution < 1.29 is 4.79 Å². The lowest BCUT2D eigenvalue weighted by Gasteiger charge is -1.99. The Balaban J connectivity index is 2.21. The van der Waals surface area contributed by atoms with Crippen LogP contribution in [0.4, 0.5) is 0 Å². The second-order valence-electron chi connectivity index (χ2n) is 2.88. The van der Waals surface area contributed by atoms with Crippen LogP contribution in [-0.2, 0) is 0 Å². The molecule has 6 heteroatoms. The van der Waals surface area contributed by atoms with Crippen LogP contribution >= 0.6 is 34.7 Å². The number of primary amides is 1. The van der Waals surface area contributed by atoms with E-state index in [2.05, 4.69) is 4.98 Å². The second kappa shape index (κ2) is 4.86. The van der Waals surface area contributed by atoms with Gasteiger partial charge in [0.05, 0.1) is 15.4 Å². The number of carbonyl (C=O) groups excluding carboxylic acids is 1. The molecule has 0 bridgehead atoms. The van der Waals surface area contributed by atoms with Gasteiger partial charge in [0.2, 0.25) is 0 Å². The molecule has 0 spiro atoms. The number of thiazole rings is 1. The first kappa shape index (κ1) is 11.4. The Kier molecular flexibility index (Phi) is 3.48. The summed E-state index contributed by atoms with van der Waals surface area (Å²) in [6.45, 7) is 0. The number of rotatable bonds is 3. The van der Waals surface area contributed by atoms with Crippen LogP contribution in [0.3, 0.4) is 0 Å². The van der Waals surface area contributed by atoms with Crippen LogP contribution in [0.15, 0.2) is 39.6 Å². The number of nitrogens with zero attached hydrogens (tertiary/aromatic N) is 1. The Labute approximate surface area is 106 Å². The van der Waals surface area contributed by atoms with Crippen molar-refractivity contribution in [2.24, 2.45) is 5.73 Å². The lowest BCUT2D eigenvalue weighted by atomic mass is 10.4. The monoisotopic (exact) mass is 270 g/mol. The molecule has 1 aromatic heterocycles. The summed E-state index contributed by atoms with van der Waals surface area (Å²) in [4.78, 5) is 15.7. The zero-order valence-corrected chi connectivity index (χ0v) is 10.4. The zero-order valence-electron chi connectivity index (χ0n) is 8.01. The first-order valence-corrected chi connectivity index (χ1v) is 6.36. The van der Waals surface area contributed by atoms with Crippen molar-refractivity contribution in [1.82, 2.24) is 4.98 Å². The molecule has 0 unspecified atom stereocenters. The summed E-state index contributed by atoms with van der Waals surface area (Å²) in [5, 5.41) is 0.996. The molecular formula is C10H7ClN2OS2. The van der Waals surface area contributed by atoms with Crippen molar-refractivity contribution in [2.45, 2.75) is 9.10 Å². The molecule has 0 saturated heterocycles. The molecule has 0 atom stereocenters.